The van der Waals surface area contributed by atoms with Gasteiger partial charge in [0.25, 0.3) is 0 Å². The molecule has 1 saturated heterocycles. The SMILES string of the molecule is Cl.[2H]C([2H])(c1cnc(N)s1)N1C[C@H](Oc2cc(OC)ncn2)C[C@@H]1C. The van der Waals surface area contributed by atoms with Crippen LogP contribution in [0.5, 0.6) is 11.8 Å². The minimum absolute atomic E-state index is 0. The number of aromatic nitrogens is 3. The second-order valence-electron chi connectivity index (χ2n) is 5.05. The topological polar surface area (TPSA) is 86.4 Å². The van der Waals surface area contributed by atoms with Gasteiger partial charge in [0.1, 0.15) is 12.4 Å². The molecule has 3 rings (SSSR count). The molecule has 0 aliphatic carbocycles. The smallest absolute Gasteiger partial charge is 0.220 e. The number of nitrogens with two attached hydrogens (primary N) is 1. The zero-order valence-electron chi connectivity index (χ0n) is 14.8. The van der Waals surface area contributed by atoms with Crippen molar-refractivity contribution in [1.82, 2.24) is 19.9 Å². The van der Waals surface area contributed by atoms with E-state index in [0.29, 0.717) is 34.7 Å². The molecular formula is C14H20ClN5O2S. The molecule has 0 radical (unpaired) electrons. The summed E-state index contributed by atoms with van der Waals surface area (Å²) in [4.78, 5) is 14.2. The fourth-order valence-corrected chi connectivity index (χ4v) is 2.97. The molecule has 126 valence electrons. The number of hydrogen-bond donors (Lipinski definition) is 1. The van der Waals surface area contributed by atoms with Gasteiger partial charge in [-0.05, 0) is 6.92 Å². The molecule has 0 unspecified atom stereocenters. The van der Waals surface area contributed by atoms with Crippen molar-refractivity contribution in [3.8, 4) is 11.8 Å². The molecule has 0 spiro atoms. The van der Waals surface area contributed by atoms with Crippen molar-refractivity contribution in [2.75, 3.05) is 19.4 Å². The molecule has 1 aliphatic rings. The molecule has 1 aliphatic heterocycles. The first-order valence-corrected chi connectivity index (χ1v) is 7.73. The van der Waals surface area contributed by atoms with Crippen molar-refractivity contribution >= 4 is 28.9 Å². The van der Waals surface area contributed by atoms with E-state index in [0.717, 1.165) is 0 Å². The Labute approximate surface area is 148 Å². The van der Waals surface area contributed by atoms with E-state index in [1.807, 2.05) is 6.92 Å². The maximum Gasteiger partial charge on any atom is 0.220 e. The lowest BCUT2D eigenvalue weighted by molar-refractivity contribution is 0.188. The summed E-state index contributed by atoms with van der Waals surface area (Å²) in [5.74, 6) is 0.849. The molecular weight excluding hydrogens is 338 g/mol. The van der Waals surface area contributed by atoms with Gasteiger partial charge in [-0.25, -0.2) is 15.0 Å². The molecule has 2 aromatic rings. The summed E-state index contributed by atoms with van der Waals surface area (Å²) in [6, 6.07) is 1.63. The maximum absolute atomic E-state index is 8.45. The van der Waals surface area contributed by atoms with Gasteiger partial charge >= 0.3 is 0 Å². The number of thiazole rings is 1. The molecule has 0 amide bonds. The average Bonchev–Trinajstić information content (AvgIpc) is 3.14. The highest BCUT2D eigenvalue weighted by Crippen LogP contribution is 2.26. The normalized spacial score (nSPS) is 22.9. The lowest BCUT2D eigenvalue weighted by Gasteiger charge is -2.19. The number of nitrogens with zero attached hydrogens (tertiary/aromatic N) is 4. The van der Waals surface area contributed by atoms with Crippen molar-refractivity contribution in [1.29, 1.82) is 0 Å². The Morgan fingerprint density at radius 2 is 2.22 bits per heavy atom. The molecule has 2 atom stereocenters. The Balaban J connectivity index is 0.00000225. The highest BCUT2D eigenvalue weighted by Gasteiger charge is 2.31. The van der Waals surface area contributed by atoms with Crippen LogP contribution in [0.4, 0.5) is 5.13 Å². The van der Waals surface area contributed by atoms with Gasteiger partial charge in [-0.2, -0.15) is 0 Å². The third-order valence-electron chi connectivity index (χ3n) is 3.43. The Kier molecular flexibility index (Phi) is 5.03. The molecule has 9 heteroatoms. The van der Waals surface area contributed by atoms with Gasteiger partial charge in [-0.15, -0.1) is 23.7 Å². The van der Waals surface area contributed by atoms with Crippen LogP contribution in [0.3, 0.4) is 0 Å². The molecule has 23 heavy (non-hydrogen) atoms. The van der Waals surface area contributed by atoms with Crippen LogP contribution in [0, 0.1) is 0 Å². The summed E-state index contributed by atoms with van der Waals surface area (Å²) < 4.78 is 27.8. The van der Waals surface area contributed by atoms with Gasteiger partial charge in [0.2, 0.25) is 11.8 Å². The average molecular weight is 360 g/mol. The molecule has 0 aromatic carbocycles. The lowest BCUT2D eigenvalue weighted by atomic mass is 10.2. The minimum Gasteiger partial charge on any atom is -0.481 e. The van der Waals surface area contributed by atoms with Crippen LogP contribution in [0.2, 0.25) is 0 Å². The van der Waals surface area contributed by atoms with Crippen LogP contribution in [0.15, 0.2) is 18.6 Å². The minimum atomic E-state index is -1.64. The zero-order chi connectivity index (χ0) is 17.3. The van der Waals surface area contributed by atoms with Crippen molar-refractivity contribution in [2.45, 2.75) is 32.0 Å². The summed E-state index contributed by atoms with van der Waals surface area (Å²) in [7, 11) is 1.53. The number of ether oxygens (including phenoxy) is 2. The number of hydrogen-bond acceptors (Lipinski definition) is 8. The highest BCUT2D eigenvalue weighted by atomic mass is 35.5. The van der Waals surface area contributed by atoms with Crippen LogP contribution in [-0.2, 0) is 6.50 Å². The summed E-state index contributed by atoms with van der Waals surface area (Å²) in [5.41, 5.74) is 5.64. The predicted octanol–water partition coefficient (Wildman–Crippen LogP) is 1.99. The van der Waals surface area contributed by atoms with Crippen LogP contribution in [-0.4, -0.2) is 45.7 Å². The number of rotatable bonds is 5. The monoisotopic (exact) mass is 359 g/mol. The van der Waals surface area contributed by atoms with E-state index >= 15 is 0 Å². The molecule has 2 N–H and O–H groups in total. The summed E-state index contributed by atoms with van der Waals surface area (Å²) >= 11 is 1.17. The Morgan fingerprint density at radius 3 is 2.91 bits per heavy atom. The van der Waals surface area contributed by atoms with Crippen molar-refractivity contribution in [3.63, 3.8) is 0 Å². The van der Waals surface area contributed by atoms with E-state index in [1.54, 1.807) is 11.0 Å². The summed E-state index contributed by atoms with van der Waals surface area (Å²) in [6.45, 7) is 0.778. The third kappa shape index (κ3) is 4.43. The largest absolute Gasteiger partial charge is 0.481 e. The quantitative estimate of drug-likeness (QED) is 0.873. The van der Waals surface area contributed by atoms with Crippen LogP contribution >= 0.6 is 23.7 Å². The molecule has 2 aromatic heterocycles. The fourth-order valence-electron chi connectivity index (χ4n) is 2.37. The second kappa shape index (κ2) is 7.76. The number of likely N-dealkylation sites (tertiary alicyclic amines) is 1. The van der Waals surface area contributed by atoms with Crippen LogP contribution < -0.4 is 15.2 Å². The van der Waals surface area contributed by atoms with E-state index in [1.165, 1.54) is 31.0 Å². The number of nitrogen functional groups attached to an aromatic ring is 1. The second-order valence-corrected chi connectivity index (χ2v) is 6.11. The zero-order valence-corrected chi connectivity index (χ0v) is 14.4. The van der Waals surface area contributed by atoms with Crippen LogP contribution in [0.1, 0.15) is 21.0 Å². The van der Waals surface area contributed by atoms with Gasteiger partial charge in [0.05, 0.1) is 13.2 Å². The van der Waals surface area contributed by atoms with E-state index in [2.05, 4.69) is 15.0 Å². The summed E-state index contributed by atoms with van der Waals surface area (Å²) in [5, 5.41) is 0.363. The first-order chi connectivity index (χ1) is 11.4. The fraction of sp³-hybridized carbons (Fsp3) is 0.500. The van der Waals surface area contributed by atoms with E-state index in [-0.39, 0.29) is 24.6 Å². The summed E-state index contributed by atoms with van der Waals surface area (Å²) in [6.07, 6.45) is 3.40. The van der Waals surface area contributed by atoms with Crippen LogP contribution in [0.25, 0.3) is 0 Å². The number of halogens is 1. The van der Waals surface area contributed by atoms with Gasteiger partial charge in [0.15, 0.2) is 5.13 Å². The Hall–Kier alpha value is -1.64. The van der Waals surface area contributed by atoms with Crippen molar-refractivity contribution in [2.24, 2.45) is 0 Å². The molecule has 3 heterocycles. The van der Waals surface area contributed by atoms with E-state index in [4.69, 9.17) is 17.9 Å². The lowest BCUT2D eigenvalue weighted by Crippen LogP contribution is -2.27. The Morgan fingerprint density at radius 1 is 1.43 bits per heavy atom. The predicted molar refractivity (Wildman–Crippen MR) is 91.3 cm³/mol. The molecule has 0 saturated carbocycles. The third-order valence-corrected chi connectivity index (χ3v) is 4.16. The van der Waals surface area contributed by atoms with Gasteiger partial charge in [-0.1, -0.05) is 0 Å². The van der Waals surface area contributed by atoms with E-state index < -0.39 is 6.50 Å². The van der Waals surface area contributed by atoms with E-state index in [9.17, 15) is 0 Å². The van der Waals surface area contributed by atoms with Gasteiger partial charge in [-0.3, -0.25) is 4.90 Å². The van der Waals surface area contributed by atoms with Crippen molar-refractivity contribution in [3.05, 3.63) is 23.5 Å². The molecule has 0 bridgehead atoms. The van der Waals surface area contributed by atoms with Gasteiger partial charge in [0, 0.05) is 39.3 Å². The standard InChI is InChI=1S/C14H19N5O2S.ClH/c1-9-3-10(21-13-4-12(20-2)17-8-18-13)6-19(9)7-11-5-16-14(15)22-11;/h4-5,8-10H,3,6-7H2,1-2H3,(H2,15,16);1H/t9-,10+;/m0./s1/i7D2;. The maximum atomic E-state index is 8.45. The number of anilines is 1. The molecule has 1 fully saturated rings. The van der Waals surface area contributed by atoms with Crippen molar-refractivity contribution < 1.29 is 12.2 Å². The highest BCUT2D eigenvalue weighted by molar-refractivity contribution is 7.15. The first kappa shape index (κ1) is 14.9. The number of methoxy groups -OCH3 is 1. The first-order valence-electron chi connectivity index (χ1n) is 7.91. The van der Waals surface area contributed by atoms with Gasteiger partial charge < -0.3 is 15.2 Å². The Bertz CT molecular complexity index is 720. The molecule has 7 nitrogen and oxygen atoms in total.